The third kappa shape index (κ3) is 5.35. The summed E-state index contributed by atoms with van der Waals surface area (Å²) in [5.41, 5.74) is 3.22. The SMILES string of the molecule is C[C@H]1CN([C@@H](C)CO)S(=O)(=O)c2ccc(C3=CCCC3)cc2O[C@@H]1CN(C)Cc1ccccn1. The summed E-state index contributed by atoms with van der Waals surface area (Å²) in [6, 6.07) is 10.8. The van der Waals surface area contributed by atoms with Crippen molar-refractivity contribution in [2.45, 2.75) is 56.7 Å². The van der Waals surface area contributed by atoms with Crippen LogP contribution < -0.4 is 4.74 Å². The minimum atomic E-state index is -3.82. The van der Waals surface area contributed by atoms with E-state index in [1.807, 2.05) is 44.3 Å². The Kier molecular flexibility index (Phi) is 7.72. The van der Waals surface area contributed by atoms with Gasteiger partial charge in [-0.25, -0.2) is 8.42 Å². The third-order valence-electron chi connectivity index (χ3n) is 6.73. The van der Waals surface area contributed by atoms with E-state index in [0.717, 1.165) is 30.5 Å². The van der Waals surface area contributed by atoms with Gasteiger partial charge in [-0.1, -0.05) is 25.1 Å². The average molecular weight is 486 g/mol. The maximum Gasteiger partial charge on any atom is 0.247 e. The molecule has 0 amide bonds. The molecule has 3 atom stereocenters. The largest absolute Gasteiger partial charge is 0.487 e. The van der Waals surface area contributed by atoms with Crippen molar-refractivity contribution in [1.29, 1.82) is 0 Å². The molecule has 184 valence electrons. The molecule has 8 heteroatoms. The molecule has 0 fully saturated rings. The van der Waals surface area contributed by atoms with Crippen molar-refractivity contribution < 1.29 is 18.3 Å². The number of rotatable bonds is 7. The van der Waals surface area contributed by atoms with Crippen molar-refractivity contribution in [3.05, 3.63) is 59.9 Å². The lowest BCUT2D eigenvalue weighted by Crippen LogP contribution is -2.49. The van der Waals surface area contributed by atoms with Gasteiger partial charge in [0.15, 0.2) is 0 Å². The first-order valence-electron chi connectivity index (χ1n) is 12.0. The minimum Gasteiger partial charge on any atom is -0.487 e. The predicted octanol–water partition coefficient (Wildman–Crippen LogP) is 3.55. The Hall–Kier alpha value is -2.26. The summed E-state index contributed by atoms with van der Waals surface area (Å²) < 4.78 is 35.2. The number of fused-ring (bicyclic) bond motifs is 1. The second-order valence-corrected chi connectivity index (χ2v) is 11.4. The number of aromatic nitrogens is 1. The molecule has 4 rings (SSSR count). The van der Waals surface area contributed by atoms with Crippen LogP contribution in [0.1, 0.15) is 44.4 Å². The predicted molar refractivity (Wildman–Crippen MR) is 133 cm³/mol. The Bertz CT molecular complexity index is 1120. The highest BCUT2D eigenvalue weighted by Crippen LogP contribution is 2.37. The molecule has 0 unspecified atom stereocenters. The topological polar surface area (TPSA) is 83.0 Å². The number of hydrogen-bond acceptors (Lipinski definition) is 6. The van der Waals surface area contributed by atoms with Crippen LogP contribution in [-0.2, 0) is 16.6 Å². The summed E-state index contributed by atoms with van der Waals surface area (Å²) in [5, 5.41) is 9.82. The molecule has 0 spiro atoms. The van der Waals surface area contributed by atoms with E-state index in [9.17, 15) is 13.5 Å². The van der Waals surface area contributed by atoms with Crippen LogP contribution in [0.5, 0.6) is 5.75 Å². The fourth-order valence-electron chi connectivity index (χ4n) is 4.72. The molecular weight excluding hydrogens is 450 g/mol. The first-order valence-corrected chi connectivity index (χ1v) is 13.4. The van der Waals surface area contributed by atoms with Crippen LogP contribution in [0.3, 0.4) is 0 Å². The van der Waals surface area contributed by atoms with E-state index in [0.29, 0.717) is 18.8 Å². The molecule has 1 N–H and O–H groups in total. The van der Waals surface area contributed by atoms with Gasteiger partial charge in [0.2, 0.25) is 10.0 Å². The lowest BCUT2D eigenvalue weighted by Gasteiger charge is -2.37. The van der Waals surface area contributed by atoms with Gasteiger partial charge >= 0.3 is 0 Å². The quantitative estimate of drug-likeness (QED) is 0.646. The highest BCUT2D eigenvalue weighted by molar-refractivity contribution is 7.89. The minimum absolute atomic E-state index is 0.0857. The smallest absolute Gasteiger partial charge is 0.247 e. The molecular formula is C26H35N3O4S. The molecule has 0 saturated carbocycles. The molecule has 0 bridgehead atoms. The van der Waals surface area contributed by atoms with E-state index in [4.69, 9.17) is 4.74 Å². The zero-order chi connectivity index (χ0) is 24.3. The lowest BCUT2D eigenvalue weighted by molar-refractivity contribution is 0.0730. The summed E-state index contributed by atoms with van der Waals surface area (Å²) in [6.07, 6.45) is 6.93. The molecule has 34 heavy (non-hydrogen) atoms. The highest BCUT2D eigenvalue weighted by Gasteiger charge is 2.38. The van der Waals surface area contributed by atoms with Gasteiger partial charge in [-0.3, -0.25) is 9.88 Å². The van der Waals surface area contributed by atoms with E-state index in [1.54, 1.807) is 19.2 Å². The number of pyridine rings is 1. The van der Waals surface area contributed by atoms with Gasteiger partial charge in [0.25, 0.3) is 0 Å². The molecule has 1 aliphatic carbocycles. The number of hydrogen-bond donors (Lipinski definition) is 1. The van der Waals surface area contributed by atoms with Crippen LogP contribution in [0.4, 0.5) is 0 Å². The maximum atomic E-state index is 13.6. The number of aliphatic hydroxyl groups excluding tert-OH is 1. The Morgan fingerprint density at radius 3 is 2.79 bits per heavy atom. The number of sulfonamides is 1. The standard InChI is InChI=1S/C26H35N3O4S/c1-19-15-29(20(2)18-30)34(31,32)26-12-11-22(21-8-4-5-9-21)14-24(26)33-25(19)17-28(3)16-23-10-6-7-13-27-23/h6-8,10-14,19-20,25,30H,4-5,9,15-18H2,1-3H3/t19-,20-,25+/m0/s1. The average Bonchev–Trinajstić information content (AvgIpc) is 3.36. The number of allylic oxidation sites excluding steroid dienone is 2. The molecule has 1 aliphatic heterocycles. The van der Waals surface area contributed by atoms with Crippen LogP contribution in [0.15, 0.2) is 53.6 Å². The molecule has 7 nitrogen and oxygen atoms in total. The van der Waals surface area contributed by atoms with Gasteiger partial charge in [0.1, 0.15) is 16.7 Å². The monoisotopic (exact) mass is 485 g/mol. The summed E-state index contributed by atoms with van der Waals surface area (Å²) >= 11 is 0. The second kappa shape index (κ2) is 10.6. The second-order valence-electron chi connectivity index (χ2n) is 9.54. The van der Waals surface area contributed by atoms with E-state index in [1.165, 1.54) is 9.88 Å². The van der Waals surface area contributed by atoms with Crippen molar-refractivity contribution in [1.82, 2.24) is 14.2 Å². The van der Waals surface area contributed by atoms with Gasteiger partial charge in [-0.2, -0.15) is 4.31 Å². The fraction of sp³-hybridized carbons (Fsp3) is 0.500. The van der Waals surface area contributed by atoms with Gasteiger partial charge in [-0.15, -0.1) is 0 Å². The number of nitrogens with zero attached hydrogens (tertiary/aromatic N) is 3. The zero-order valence-corrected chi connectivity index (χ0v) is 21.0. The number of aliphatic hydroxyl groups is 1. The zero-order valence-electron chi connectivity index (χ0n) is 20.2. The molecule has 1 aromatic heterocycles. The Labute approximate surface area is 203 Å². The van der Waals surface area contributed by atoms with Gasteiger partial charge in [0.05, 0.1) is 12.3 Å². The van der Waals surface area contributed by atoms with Crippen molar-refractivity contribution in [3.63, 3.8) is 0 Å². The molecule has 2 aromatic rings. The van der Waals surface area contributed by atoms with Crippen LogP contribution in [0.25, 0.3) is 5.57 Å². The lowest BCUT2D eigenvalue weighted by atomic mass is 10.0. The van der Waals surface area contributed by atoms with Crippen LogP contribution in [0.2, 0.25) is 0 Å². The fourth-order valence-corrected chi connectivity index (χ4v) is 6.54. The Balaban J connectivity index is 1.69. The van der Waals surface area contributed by atoms with Crippen LogP contribution >= 0.6 is 0 Å². The van der Waals surface area contributed by atoms with E-state index >= 15 is 0 Å². The Morgan fingerprint density at radius 2 is 2.12 bits per heavy atom. The summed E-state index contributed by atoms with van der Waals surface area (Å²) in [7, 11) is -1.80. The molecule has 0 saturated heterocycles. The normalized spacial score (nSPS) is 23.5. The first-order chi connectivity index (χ1) is 16.3. The number of ether oxygens (including phenoxy) is 1. The van der Waals surface area contributed by atoms with Crippen molar-refractivity contribution >= 4 is 15.6 Å². The summed E-state index contributed by atoms with van der Waals surface area (Å²) in [4.78, 5) is 6.74. The molecule has 0 radical (unpaired) electrons. The highest BCUT2D eigenvalue weighted by atomic mass is 32.2. The number of likely N-dealkylation sites (N-methyl/N-ethyl adjacent to an activating group) is 1. The van der Waals surface area contributed by atoms with Crippen LogP contribution in [0, 0.1) is 5.92 Å². The van der Waals surface area contributed by atoms with Crippen molar-refractivity contribution in [2.24, 2.45) is 5.92 Å². The molecule has 1 aromatic carbocycles. The molecule has 2 aliphatic rings. The third-order valence-corrected chi connectivity index (χ3v) is 8.75. The van der Waals surface area contributed by atoms with E-state index < -0.39 is 16.1 Å². The van der Waals surface area contributed by atoms with Crippen LogP contribution in [-0.4, -0.2) is 66.6 Å². The Morgan fingerprint density at radius 1 is 1.29 bits per heavy atom. The van der Waals surface area contributed by atoms with Gasteiger partial charge in [0, 0.05) is 37.8 Å². The summed E-state index contributed by atoms with van der Waals surface area (Å²) in [5.74, 6) is 0.306. The van der Waals surface area contributed by atoms with Crippen molar-refractivity contribution in [2.75, 3.05) is 26.7 Å². The maximum absolute atomic E-state index is 13.6. The first kappa shape index (κ1) is 24.9. The van der Waals surface area contributed by atoms with E-state index in [-0.39, 0.29) is 30.1 Å². The summed E-state index contributed by atoms with van der Waals surface area (Å²) in [6.45, 7) is 5.08. The van der Waals surface area contributed by atoms with Gasteiger partial charge in [-0.05, 0) is 68.6 Å². The van der Waals surface area contributed by atoms with E-state index in [2.05, 4.69) is 16.0 Å². The molecule has 2 heterocycles. The van der Waals surface area contributed by atoms with Gasteiger partial charge < -0.3 is 9.84 Å². The number of benzene rings is 1. The van der Waals surface area contributed by atoms with Crippen molar-refractivity contribution in [3.8, 4) is 5.75 Å².